The van der Waals surface area contributed by atoms with E-state index in [1.54, 1.807) is 18.2 Å². The molecule has 31 heavy (non-hydrogen) atoms. The van der Waals surface area contributed by atoms with E-state index in [2.05, 4.69) is 5.32 Å². The van der Waals surface area contributed by atoms with Crippen molar-refractivity contribution in [2.24, 2.45) is 0 Å². The van der Waals surface area contributed by atoms with Gasteiger partial charge >= 0.3 is 6.18 Å². The Morgan fingerprint density at radius 3 is 2.55 bits per heavy atom. The number of hydrogen-bond acceptors (Lipinski definition) is 4. The van der Waals surface area contributed by atoms with E-state index in [4.69, 9.17) is 9.47 Å². The second-order valence-corrected chi connectivity index (χ2v) is 6.89. The van der Waals surface area contributed by atoms with Gasteiger partial charge in [-0.15, -0.1) is 0 Å². The lowest BCUT2D eigenvalue weighted by atomic mass is 10.1. The summed E-state index contributed by atoms with van der Waals surface area (Å²) in [7, 11) is 0. The number of hydrogen-bond donors (Lipinski definition) is 1. The average molecular weight is 430 g/mol. The van der Waals surface area contributed by atoms with E-state index >= 15 is 0 Å². The zero-order valence-electron chi connectivity index (χ0n) is 16.1. The predicted molar refractivity (Wildman–Crippen MR) is 107 cm³/mol. The Balaban J connectivity index is 1.54. The molecule has 1 aromatic heterocycles. The minimum absolute atomic E-state index is 0.103. The zero-order valence-corrected chi connectivity index (χ0v) is 16.1. The highest BCUT2D eigenvalue weighted by Gasteiger charge is 2.30. The molecule has 0 unspecified atom stereocenters. The number of rotatable bonds is 4. The molecule has 1 N–H and O–H groups in total. The van der Waals surface area contributed by atoms with Gasteiger partial charge in [0.15, 0.2) is 11.5 Å². The van der Waals surface area contributed by atoms with Gasteiger partial charge in [0, 0.05) is 24.0 Å². The summed E-state index contributed by atoms with van der Waals surface area (Å²) in [6, 6.07) is 12.2. The summed E-state index contributed by atoms with van der Waals surface area (Å²) in [5.41, 5.74) is -0.286. The van der Waals surface area contributed by atoms with Gasteiger partial charge in [-0.1, -0.05) is 12.1 Å². The van der Waals surface area contributed by atoms with Crippen LogP contribution in [0, 0.1) is 0 Å². The van der Waals surface area contributed by atoms with E-state index < -0.39 is 23.2 Å². The molecule has 0 saturated heterocycles. The first-order valence-electron chi connectivity index (χ1n) is 9.37. The van der Waals surface area contributed by atoms with Crippen molar-refractivity contribution >= 4 is 11.6 Å². The van der Waals surface area contributed by atoms with Crippen molar-refractivity contribution in [3.8, 4) is 11.5 Å². The van der Waals surface area contributed by atoms with E-state index in [1.807, 2.05) is 0 Å². The van der Waals surface area contributed by atoms with Crippen molar-refractivity contribution < 1.29 is 27.4 Å². The second-order valence-electron chi connectivity index (χ2n) is 6.89. The standard InChI is InChI=1S/C22H17F3N2O4/c23-22(24,25)16-3-1-2-14(10-16)12-27-13-15(4-7-20(27)28)21(29)26-17-5-6-18-19(11-17)31-9-8-30-18/h1-7,10-11,13H,8-9,12H2,(H,26,29). The number of halogens is 3. The van der Waals surface area contributed by atoms with Gasteiger partial charge in [0.1, 0.15) is 13.2 Å². The number of benzene rings is 2. The summed E-state index contributed by atoms with van der Waals surface area (Å²) in [6.45, 7) is 0.755. The van der Waals surface area contributed by atoms with Gasteiger partial charge < -0.3 is 19.4 Å². The van der Waals surface area contributed by atoms with Gasteiger partial charge in [-0.3, -0.25) is 9.59 Å². The summed E-state index contributed by atoms with van der Waals surface area (Å²) < 4.78 is 50.9. The van der Waals surface area contributed by atoms with E-state index in [0.717, 1.165) is 12.1 Å². The van der Waals surface area contributed by atoms with Crippen molar-refractivity contribution in [3.63, 3.8) is 0 Å². The van der Waals surface area contributed by atoms with E-state index in [1.165, 1.54) is 35.0 Å². The molecule has 0 aliphatic carbocycles. The quantitative estimate of drug-likeness (QED) is 0.681. The topological polar surface area (TPSA) is 69.6 Å². The van der Waals surface area contributed by atoms with Crippen LogP contribution < -0.4 is 20.3 Å². The van der Waals surface area contributed by atoms with Gasteiger partial charge in [0.2, 0.25) is 0 Å². The van der Waals surface area contributed by atoms with Crippen LogP contribution in [0.3, 0.4) is 0 Å². The number of aromatic nitrogens is 1. The highest BCUT2D eigenvalue weighted by Crippen LogP contribution is 2.33. The van der Waals surface area contributed by atoms with Crippen molar-refractivity contribution in [3.05, 3.63) is 87.8 Å². The molecule has 0 atom stereocenters. The van der Waals surface area contributed by atoms with Gasteiger partial charge in [0.25, 0.3) is 11.5 Å². The van der Waals surface area contributed by atoms with Crippen LogP contribution in [0.1, 0.15) is 21.5 Å². The SMILES string of the molecule is O=C(Nc1ccc2c(c1)OCCO2)c1ccc(=O)n(Cc2cccc(C(F)(F)F)c2)c1. The first-order chi connectivity index (χ1) is 14.8. The van der Waals surface area contributed by atoms with Crippen LogP contribution in [0.4, 0.5) is 18.9 Å². The Hall–Kier alpha value is -3.75. The molecule has 1 aliphatic heterocycles. The lowest BCUT2D eigenvalue weighted by Crippen LogP contribution is -2.23. The lowest BCUT2D eigenvalue weighted by molar-refractivity contribution is -0.137. The van der Waals surface area contributed by atoms with Crippen molar-refractivity contribution in [1.29, 1.82) is 0 Å². The van der Waals surface area contributed by atoms with Gasteiger partial charge in [-0.2, -0.15) is 13.2 Å². The third-order valence-corrected chi connectivity index (χ3v) is 4.65. The molecule has 1 aliphatic rings. The highest BCUT2D eigenvalue weighted by molar-refractivity contribution is 6.04. The normalized spacial score (nSPS) is 13.0. The van der Waals surface area contributed by atoms with Crippen LogP contribution in [-0.4, -0.2) is 23.7 Å². The molecule has 6 nitrogen and oxygen atoms in total. The second kappa shape index (κ2) is 8.17. The Morgan fingerprint density at radius 1 is 1.00 bits per heavy atom. The monoisotopic (exact) mass is 430 g/mol. The number of nitrogens with one attached hydrogen (secondary N) is 1. The number of amides is 1. The number of ether oxygens (including phenoxy) is 2. The third kappa shape index (κ3) is 4.71. The molecule has 9 heteroatoms. The number of fused-ring (bicyclic) bond motifs is 1. The number of alkyl halides is 3. The Morgan fingerprint density at radius 2 is 1.77 bits per heavy atom. The molecule has 160 valence electrons. The van der Waals surface area contributed by atoms with E-state index in [-0.39, 0.29) is 12.1 Å². The molecule has 2 aromatic carbocycles. The summed E-state index contributed by atoms with van der Waals surface area (Å²) >= 11 is 0. The minimum atomic E-state index is -4.48. The fourth-order valence-electron chi connectivity index (χ4n) is 3.16. The molecule has 2 heterocycles. The summed E-state index contributed by atoms with van der Waals surface area (Å²) in [5, 5.41) is 2.71. The molecule has 0 bridgehead atoms. The maximum absolute atomic E-state index is 12.9. The fraction of sp³-hybridized carbons (Fsp3) is 0.182. The van der Waals surface area contributed by atoms with Gasteiger partial charge in [0.05, 0.1) is 17.7 Å². The lowest BCUT2D eigenvalue weighted by Gasteiger charge is -2.19. The van der Waals surface area contributed by atoms with Crippen LogP contribution in [-0.2, 0) is 12.7 Å². The largest absolute Gasteiger partial charge is 0.486 e. The summed E-state index contributed by atoms with van der Waals surface area (Å²) in [6.07, 6.45) is -3.16. The molecule has 3 aromatic rings. The summed E-state index contributed by atoms with van der Waals surface area (Å²) in [4.78, 5) is 24.8. The number of pyridine rings is 1. The highest BCUT2D eigenvalue weighted by atomic mass is 19.4. The maximum Gasteiger partial charge on any atom is 0.416 e. The molecule has 0 saturated carbocycles. The van der Waals surface area contributed by atoms with Crippen molar-refractivity contribution in [1.82, 2.24) is 4.57 Å². The minimum Gasteiger partial charge on any atom is -0.486 e. The first kappa shape index (κ1) is 20.5. The van der Waals surface area contributed by atoms with Crippen LogP contribution in [0.2, 0.25) is 0 Å². The van der Waals surface area contributed by atoms with Crippen LogP contribution in [0.5, 0.6) is 11.5 Å². The van der Waals surface area contributed by atoms with Crippen molar-refractivity contribution in [2.75, 3.05) is 18.5 Å². The Bertz CT molecular complexity index is 1190. The Kier molecular flexibility index (Phi) is 5.41. The fourth-order valence-corrected chi connectivity index (χ4v) is 3.16. The molecular weight excluding hydrogens is 413 g/mol. The van der Waals surface area contributed by atoms with E-state index in [0.29, 0.717) is 36.0 Å². The van der Waals surface area contributed by atoms with E-state index in [9.17, 15) is 22.8 Å². The first-order valence-corrected chi connectivity index (χ1v) is 9.37. The molecule has 4 rings (SSSR count). The summed E-state index contributed by atoms with van der Waals surface area (Å²) in [5.74, 6) is 0.618. The van der Waals surface area contributed by atoms with Crippen LogP contribution in [0.25, 0.3) is 0 Å². The van der Waals surface area contributed by atoms with Crippen molar-refractivity contribution in [2.45, 2.75) is 12.7 Å². The number of carbonyl (C=O) groups excluding carboxylic acids is 1. The zero-order chi connectivity index (χ0) is 22.0. The predicted octanol–water partition coefficient (Wildman–Crippen LogP) is 3.94. The molecule has 0 spiro atoms. The Labute approximate surface area is 174 Å². The molecule has 0 radical (unpaired) electrons. The molecule has 0 fully saturated rings. The van der Waals surface area contributed by atoms with Gasteiger partial charge in [-0.05, 0) is 35.9 Å². The number of carbonyl (C=O) groups is 1. The van der Waals surface area contributed by atoms with Gasteiger partial charge in [-0.25, -0.2) is 0 Å². The molecular formula is C22H17F3N2O4. The molecule has 1 amide bonds. The van der Waals surface area contributed by atoms with Crippen LogP contribution >= 0.6 is 0 Å². The number of anilines is 1. The maximum atomic E-state index is 12.9. The number of nitrogens with zero attached hydrogens (tertiary/aromatic N) is 1. The third-order valence-electron chi connectivity index (χ3n) is 4.65. The van der Waals surface area contributed by atoms with Crippen LogP contribution in [0.15, 0.2) is 65.6 Å². The average Bonchev–Trinajstić information content (AvgIpc) is 2.75. The smallest absolute Gasteiger partial charge is 0.416 e.